The zero-order valence-corrected chi connectivity index (χ0v) is 15.9. The van der Waals surface area contributed by atoms with Crippen molar-refractivity contribution >= 4 is 5.82 Å². The van der Waals surface area contributed by atoms with Gasteiger partial charge in [-0.25, -0.2) is 9.97 Å². The molecule has 26 heavy (non-hydrogen) atoms. The Kier molecular flexibility index (Phi) is 5.20. The minimum atomic E-state index is 0.282. The highest BCUT2D eigenvalue weighted by molar-refractivity contribution is 5.49. The van der Waals surface area contributed by atoms with E-state index in [0.29, 0.717) is 5.92 Å². The van der Waals surface area contributed by atoms with Gasteiger partial charge in [-0.3, -0.25) is 5.10 Å². The van der Waals surface area contributed by atoms with Crippen LogP contribution in [0.5, 0.6) is 0 Å². The molecule has 4 rings (SSSR count). The number of nitrogens with one attached hydrogen (secondary N) is 3. The maximum atomic E-state index is 5.02. The highest BCUT2D eigenvalue weighted by Crippen LogP contribution is 2.34. The maximum absolute atomic E-state index is 5.02. The van der Waals surface area contributed by atoms with Crippen molar-refractivity contribution in [2.24, 2.45) is 0 Å². The van der Waals surface area contributed by atoms with Gasteiger partial charge < -0.3 is 10.6 Å². The van der Waals surface area contributed by atoms with E-state index in [4.69, 9.17) is 9.97 Å². The van der Waals surface area contributed by atoms with E-state index in [1.165, 1.54) is 36.9 Å². The van der Waals surface area contributed by atoms with Gasteiger partial charge in [0.15, 0.2) is 0 Å². The standard InChI is InChI=1S/C20H30N6/c1-13(11-16-12-14(2)25-26-16)22-20-17-7-9-21-10-8-18(17)23-19(24-20)15-5-3-4-6-15/h12-13,15,21H,3-11H2,1-2H3,(H,25,26)(H,22,23,24)/t13-/m1/s1. The maximum Gasteiger partial charge on any atom is 0.134 e. The monoisotopic (exact) mass is 354 g/mol. The lowest BCUT2D eigenvalue weighted by Gasteiger charge is -2.20. The number of anilines is 1. The predicted molar refractivity (Wildman–Crippen MR) is 104 cm³/mol. The first-order valence-corrected chi connectivity index (χ1v) is 10.1. The molecular weight excluding hydrogens is 324 g/mol. The van der Waals surface area contributed by atoms with Crippen LogP contribution in [0.4, 0.5) is 5.82 Å². The number of fused-ring (bicyclic) bond motifs is 1. The van der Waals surface area contributed by atoms with Gasteiger partial charge in [-0.1, -0.05) is 12.8 Å². The Labute approximate surface area is 155 Å². The molecule has 6 nitrogen and oxygen atoms in total. The summed E-state index contributed by atoms with van der Waals surface area (Å²) in [6, 6.07) is 2.40. The predicted octanol–water partition coefficient (Wildman–Crippen LogP) is 2.90. The molecule has 1 atom stereocenters. The molecule has 0 spiro atoms. The minimum Gasteiger partial charge on any atom is -0.367 e. The highest BCUT2D eigenvalue weighted by Gasteiger charge is 2.24. The summed E-state index contributed by atoms with van der Waals surface area (Å²) in [7, 11) is 0. The molecule has 3 N–H and O–H groups in total. The zero-order chi connectivity index (χ0) is 17.9. The summed E-state index contributed by atoms with van der Waals surface area (Å²) in [4.78, 5) is 10.0. The summed E-state index contributed by atoms with van der Waals surface area (Å²) in [5.74, 6) is 2.66. The van der Waals surface area contributed by atoms with E-state index >= 15 is 0 Å². The summed E-state index contributed by atoms with van der Waals surface area (Å²) < 4.78 is 0. The van der Waals surface area contributed by atoms with E-state index in [-0.39, 0.29) is 6.04 Å². The molecule has 0 aromatic carbocycles. The van der Waals surface area contributed by atoms with Gasteiger partial charge in [-0.15, -0.1) is 0 Å². The van der Waals surface area contributed by atoms with Gasteiger partial charge in [0, 0.05) is 42.6 Å². The van der Waals surface area contributed by atoms with Crippen molar-refractivity contribution < 1.29 is 0 Å². The summed E-state index contributed by atoms with van der Waals surface area (Å²) in [6.07, 6.45) is 7.97. The Balaban J connectivity index is 1.58. The van der Waals surface area contributed by atoms with E-state index < -0.39 is 0 Å². The number of aromatic nitrogens is 4. The second-order valence-corrected chi connectivity index (χ2v) is 7.88. The van der Waals surface area contributed by atoms with Crippen LogP contribution in [0.25, 0.3) is 0 Å². The smallest absolute Gasteiger partial charge is 0.134 e. The average Bonchev–Trinajstić information content (AvgIpc) is 3.22. The van der Waals surface area contributed by atoms with Gasteiger partial charge in [0.25, 0.3) is 0 Å². The minimum absolute atomic E-state index is 0.282. The van der Waals surface area contributed by atoms with Crippen LogP contribution in [0.1, 0.15) is 67.0 Å². The first-order chi connectivity index (χ1) is 12.7. The first kappa shape index (κ1) is 17.5. The lowest BCUT2D eigenvalue weighted by atomic mass is 10.0. The summed E-state index contributed by atoms with van der Waals surface area (Å²) >= 11 is 0. The molecule has 1 aliphatic carbocycles. The molecule has 1 saturated carbocycles. The van der Waals surface area contributed by atoms with Gasteiger partial charge >= 0.3 is 0 Å². The molecule has 6 heteroatoms. The van der Waals surface area contributed by atoms with Crippen LogP contribution in [0.2, 0.25) is 0 Å². The fourth-order valence-corrected chi connectivity index (χ4v) is 4.23. The van der Waals surface area contributed by atoms with Crippen LogP contribution in [-0.2, 0) is 19.3 Å². The van der Waals surface area contributed by atoms with Gasteiger partial charge in [-0.2, -0.15) is 5.10 Å². The number of H-pyrrole nitrogens is 1. The summed E-state index contributed by atoms with van der Waals surface area (Å²) in [5, 5.41) is 14.6. The van der Waals surface area contributed by atoms with Crippen LogP contribution in [-0.4, -0.2) is 39.3 Å². The van der Waals surface area contributed by atoms with Gasteiger partial charge in [0.05, 0.1) is 11.4 Å². The van der Waals surface area contributed by atoms with Crippen molar-refractivity contribution in [2.75, 3.05) is 18.4 Å². The number of aryl methyl sites for hydroxylation is 1. The third-order valence-electron chi connectivity index (χ3n) is 5.58. The van der Waals surface area contributed by atoms with Gasteiger partial charge in [0.2, 0.25) is 0 Å². The molecule has 140 valence electrons. The molecule has 2 aliphatic rings. The van der Waals surface area contributed by atoms with E-state index in [1.807, 2.05) is 6.92 Å². The van der Waals surface area contributed by atoms with E-state index in [2.05, 4.69) is 33.8 Å². The zero-order valence-electron chi connectivity index (χ0n) is 15.9. The van der Waals surface area contributed by atoms with Crippen LogP contribution in [0, 0.1) is 6.92 Å². The Morgan fingerprint density at radius 3 is 2.77 bits per heavy atom. The topological polar surface area (TPSA) is 78.5 Å². The molecule has 1 fully saturated rings. The molecule has 3 heterocycles. The molecule has 2 aromatic rings. The lowest BCUT2D eigenvalue weighted by molar-refractivity contribution is 0.654. The van der Waals surface area contributed by atoms with E-state index in [0.717, 1.165) is 55.4 Å². The van der Waals surface area contributed by atoms with Crippen molar-refractivity contribution in [2.45, 2.75) is 70.8 Å². The quantitative estimate of drug-likeness (QED) is 0.769. The molecule has 1 aliphatic heterocycles. The van der Waals surface area contributed by atoms with E-state index in [1.54, 1.807) is 0 Å². The largest absolute Gasteiger partial charge is 0.367 e. The molecule has 0 unspecified atom stereocenters. The third-order valence-corrected chi connectivity index (χ3v) is 5.58. The highest BCUT2D eigenvalue weighted by atomic mass is 15.1. The number of hydrogen-bond donors (Lipinski definition) is 3. The van der Waals surface area contributed by atoms with Crippen LogP contribution >= 0.6 is 0 Å². The fraction of sp³-hybridized carbons (Fsp3) is 0.650. The fourth-order valence-electron chi connectivity index (χ4n) is 4.23. The molecule has 0 radical (unpaired) electrons. The first-order valence-electron chi connectivity index (χ1n) is 10.1. The molecule has 0 bridgehead atoms. The lowest BCUT2D eigenvalue weighted by Crippen LogP contribution is -2.22. The molecular formula is C20H30N6. The Morgan fingerprint density at radius 1 is 1.19 bits per heavy atom. The second-order valence-electron chi connectivity index (χ2n) is 7.88. The van der Waals surface area contributed by atoms with Crippen molar-refractivity contribution in [3.8, 4) is 0 Å². The summed E-state index contributed by atoms with van der Waals surface area (Å²) in [6.45, 7) is 6.26. The Hall–Kier alpha value is -1.95. The SMILES string of the molecule is Cc1cc(C[C@@H](C)Nc2nc(C3CCCC3)nc3c2CCNCC3)n[nH]1. The number of nitrogens with zero attached hydrogens (tertiary/aromatic N) is 3. The number of aromatic amines is 1. The Morgan fingerprint density at radius 2 is 2.00 bits per heavy atom. The normalized spacial score (nSPS) is 19.2. The van der Waals surface area contributed by atoms with Gasteiger partial charge in [-0.05, 0) is 45.7 Å². The van der Waals surface area contributed by atoms with Crippen LogP contribution in [0.3, 0.4) is 0 Å². The third kappa shape index (κ3) is 3.90. The summed E-state index contributed by atoms with van der Waals surface area (Å²) in [5.41, 5.74) is 4.76. The second kappa shape index (κ2) is 7.74. The molecule has 0 saturated heterocycles. The van der Waals surface area contributed by atoms with Crippen molar-refractivity contribution in [3.63, 3.8) is 0 Å². The number of rotatable bonds is 5. The van der Waals surface area contributed by atoms with Crippen molar-refractivity contribution in [1.29, 1.82) is 0 Å². The van der Waals surface area contributed by atoms with E-state index in [9.17, 15) is 0 Å². The molecule has 2 aromatic heterocycles. The average molecular weight is 355 g/mol. The van der Waals surface area contributed by atoms with Gasteiger partial charge in [0.1, 0.15) is 11.6 Å². The van der Waals surface area contributed by atoms with Crippen molar-refractivity contribution in [1.82, 2.24) is 25.5 Å². The Bertz CT molecular complexity index is 747. The molecule has 0 amide bonds. The van der Waals surface area contributed by atoms with Crippen LogP contribution < -0.4 is 10.6 Å². The van der Waals surface area contributed by atoms with Crippen molar-refractivity contribution in [3.05, 3.63) is 34.5 Å². The number of hydrogen-bond acceptors (Lipinski definition) is 5. The van der Waals surface area contributed by atoms with Crippen LogP contribution in [0.15, 0.2) is 6.07 Å².